The summed E-state index contributed by atoms with van der Waals surface area (Å²) in [7, 11) is 0. The third-order valence-corrected chi connectivity index (χ3v) is 3.76. The van der Waals surface area contributed by atoms with Crippen molar-refractivity contribution in [2.45, 2.75) is 18.9 Å². The smallest absolute Gasteiger partial charge is 0.254 e. The van der Waals surface area contributed by atoms with Crippen LogP contribution in [0.3, 0.4) is 0 Å². The molecule has 0 aliphatic carbocycles. The Morgan fingerprint density at radius 2 is 2.19 bits per heavy atom. The first kappa shape index (κ1) is 13.7. The average molecular weight is 351 g/mol. The molecular formula is C13H11BrN4O3. The molecule has 1 aliphatic heterocycles. The van der Waals surface area contributed by atoms with Gasteiger partial charge in [0.1, 0.15) is 6.04 Å². The van der Waals surface area contributed by atoms with Crippen LogP contribution in [0.1, 0.15) is 23.2 Å². The van der Waals surface area contributed by atoms with Gasteiger partial charge in [-0.05, 0) is 18.6 Å². The van der Waals surface area contributed by atoms with E-state index in [1.165, 1.54) is 0 Å². The molecule has 8 heteroatoms. The molecule has 108 valence electrons. The van der Waals surface area contributed by atoms with Crippen molar-refractivity contribution in [2.24, 2.45) is 0 Å². The van der Waals surface area contributed by atoms with Crippen LogP contribution in [-0.4, -0.2) is 34.0 Å². The molecule has 0 bridgehead atoms. The number of benzene rings is 1. The van der Waals surface area contributed by atoms with Crippen LogP contribution >= 0.6 is 15.9 Å². The highest BCUT2D eigenvalue weighted by Crippen LogP contribution is 2.22. The second-order valence-electron chi connectivity index (χ2n) is 4.76. The fraction of sp³-hybridized carbons (Fsp3) is 0.231. The first-order valence-electron chi connectivity index (χ1n) is 6.32. The number of carbonyl (C=O) groups is 3. The number of piperidine rings is 1. The largest absolute Gasteiger partial charge is 0.340 e. The minimum Gasteiger partial charge on any atom is -0.340 e. The lowest BCUT2D eigenvalue weighted by molar-refractivity contribution is -0.134. The minimum atomic E-state index is -0.702. The van der Waals surface area contributed by atoms with Gasteiger partial charge in [-0.2, -0.15) is 5.10 Å². The Morgan fingerprint density at radius 3 is 2.95 bits per heavy atom. The quantitative estimate of drug-likeness (QED) is 0.698. The van der Waals surface area contributed by atoms with Gasteiger partial charge in [0.15, 0.2) is 0 Å². The van der Waals surface area contributed by atoms with Crippen molar-refractivity contribution >= 4 is 44.6 Å². The maximum Gasteiger partial charge on any atom is 0.254 e. The summed E-state index contributed by atoms with van der Waals surface area (Å²) in [4.78, 5) is 35.1. The molecule has 0 spiro atoms. The minimum absolute atomic E-state index is 0.217. The van der Waals surface area contributed by atoms with Crippen LogP contribution in [0.2, 0.25) is 0 Å². The number of aromatic amines is 1. The molecule has 1 unspecified atom stereocenters. The maximum atomic E-state index is 12.4. The summed E-state index contributed by atoms with van der Waals surface area (Å²) >= 11 is 3.34. The zero-order valence-corrected chi connectivity index (χ0v) is 12.4. The van der Waals surface area contributed by atoms with Gasteiger partial charge >= 0.3 is 0 Å². The number of halogens is 1. The fourth-order valence-corrected chi connectivity index (χ4v) is 2.74. The van der Waals surface area contributed by atoms with E-state index in [-0.39, 0.29) is 18.2 Å². The molecular weight excluding hydrogens is 340 g/mol. The lowest BCUT2D eigenvalue weighted by Gasteiger charge is -2.21. The standard InChI is InChI=1S/C13H11BrN4O3/c14-7-3-6-5-15-18-11(6)8(4-7)12(20)16-9-1-2-10(19)17-13(9)21/h3-5,9H,1-2H2,(H,15,18)(H,16,20)(H,17,19,21). The molecule has 1 fully saturated rings. The molecule has 1 atom stereocenters. The van der Waals surface area contributed by atoms with Gasteiger partial charge < -0.3 is 5.32 Å². The summed E-state index contributed by atoms with van der Waals surface area (Å²) in [6.45, 7) is 0. The summed E-state index contributed by atoms with van der Waals surface area (Å²) in [6, 6.07) is 2.79. The third-order valence-electron chi connectivity index (χ3n) is 3.30. The van der Waals surface area contributed by atoms with E-state index < -0.39 is 11.9 Å². The molecule has 3 N–H and O–H groups in total. The highest BCUT2D eigenvalue weighted by atomic mass is 79.9. The van der Waals surface area contributed by atoms with Crippen molar-refractivity contribution in [1.82, 2.24) is 20.8 Å². The number of H-pyrrole nitrogens is 1. The van der Waals surface area contributed by atoms with E-state index in [1.54, 1.807) is 12.3 Å². The molecule has 0 saturated carbocycles. The molecule has 3 amide bonds. The van der Waals surface area contributed by atoms with E-state index in [0.717, 1.165) is 9.86 Å². The Morgan fingerprint density at radius 1 is 1.38 bits per heavy atom. The highest BCUT2D eigenvalue weighted by Gasteiger charge is 2.28. The zero-order chi connectivity index (χ0) is 15.0. The summed E-state index contributed by atoms with van der Waals surface area (Å²) in [5, 5.41) is 12.3. The van der Waals surface area contributed by atoms with E-state index in [1.807, 2.05) is 6.07 Å². The van der Waals surface area contributed by atoms with Gasteiger partial charge in [-0.25, -0.2) is 0 Å². The Kier molecular flexibility index (Phi) is 3.46. The van der Waals surface area contributed by atoms with E-state index in [2.05, 4.69) is 36.8 Å². The van der Waals surface area contributed by atoms with Crippen LogP contribution < -0.4 is 10.6 Å². The van der Waals surface area contributed by atoms with Gasteiger partial charge in [-0.15, -0.1) is 0 Å². The van der Waals surface area contributed by atoms with Crippen molar-refractivity contribution in [2.75, 3.05) is 0 Å². The molecule has 1 aliphatic rings. The number of hydrogen-bond donors (Lipinski definition) is 3. The molecule has 1 saturated heterocycles. The second kappa shape index (κ2) is 5.28. The molecule has 1 aromatic carbocycles. The van der Waals surface area contributed by atoms with E-state index in [0.29, 0.717) is 17.5 Å². The molecule has 3 rings (SSSR count). The van der Waals surface area contributed by atoms with Crippen LogP contribution in [0.4, 0.5) is 0 Å². The molecule has 1 aromatic heterocycles. The summed E-state index contributed by atoms with van der Waals surface area (Å²) in [5.74, 6) is -1.18. The van der Waals surface area contributed by atoms with Gasteiger partial charge in [0.2, 0.25) is 11.8 Å². The van der Waals surface area contributed by atoms with E-state index in [4.69, 9.17) is 0 Å². The van der Waals surface area contributed by atoms with Gasteiger partial charge in [0.25, 0.3) is 5.91 Å². The summed E-state index contributed by atoms with van der Waals surface area (Å²) in [5.41, 5.74) is 0.990. The van der Waals surface area contributed by atoms with Crippen LogP contribution in [0, 0.1) is 0 Å². The van der Waals surface area contributed by atoms with Crippen LogP contribution in [-0.2, 0) is 9.59 Å². The molecule has 21 heavy (non-hydrogen) atoms. The van der Waals surface area contributed by atoms with Crippen molar-refractivity contribution in [3.05, 3.63) is 28.4 Å². The van der Waals surface area contributed by atoms with Gasteiger partial charge in [0, 0.05) is 16.3 Å². The number of carbonyl (C=O) groups excluding carboxylic acids is 3. The highest BCUT2D eigenvalue weighted by molar-refractivity contribution is 9.10. The molecule has 7 nitrogen and oxygen atoms in total. The van der Waals surface area contributed by atoms with Gasteiger partial charge in [0.05, 0.1) is 17.3 Å². The summed E-state index contributed by atoms with van der Waals surface area (Å²) < 4.78 is 0.741. The maximum absolute atomic E-state index is 12.4. The monoisotopic (exact) mass is 350 g/mol. The number of hydrogen-bond acceptors (Lipinski definition) is 4. The van der Waals surface area contributed by atoms with Gasteiger partial charge in [-0.3, -0.25) is 24.8 Å². The average Bonchev–Trinajstić information content (AvgIpc) is 2.88. The number of amides is 3. The van der Waals surface area contributed by atoms with Gasteiger partial charge in [-0.1, -0.05) is 15.9 Å². The summed E-state index contributed by atoms with van der Waals surface area (Å²) in [6.07, 6.45) is 2.13. The Labute approximate surface area is 127 Å². The third kappa shape index (κ3) is 2.66. The normalized spacial score (nSPS) is 18.6. The van der Waals surface area contributed by atoms with Crippen molar-refractivity contribution in [3.63, 3.8) is 0 Å². The molecule has 2 aromatic rings. The zero-order valence-electron chi connectivity index (χ0n) is 10.8. The number of imide groups is 1. The number of fused-ring (bicyclic) bond motifs is 1. The van der Waals surface area contributed by atoms with Crippen LogP contribution in [0.15, 0.2) is 22.8 Å². The predicted octanol–water partition coefficient (Wildman–Crippen LogP) is 0.860. The lowest BCUT2D eigenvalue weighted by Crippen LogP contribution is -2.52. The number of rotatable bonds is 2. The first-order valence-corrected chi connectivity index (χ1v) is 7.11. The van der Waals surface area contributed by atoms with E-state index in [9.17, 15) is 14.4 Å². The predicted molar refractivity (Wildman–Crippen MR) is 77.4 cm³/mol. The van der Waals surface area contributed by atoms with E-state index >= 15 is 0 Å². The van der Waals surface area contributed by atoms with Crippen molar-refractivity contribution in [1.29, 1.82) is 0 Å². The Hall–Kier alpha value is -2.22. The number of nitrogens with one attached hydrogen (secondary N) is 3. The Bertz CT molecular complexity index is 755. The van der Waals surface area contributed by atoms with Crippen molar-refractivity contribution < 1.29 is 14.4 Å². The topological polar surface area (TPSA) is 104 Å². The van der Waals surface area contributed by atoms with Crippen LogP contribution in [0.25, 0.3) is 10.9 Å². The lowest BCUT2D eigenvalue weighted by atomic mass is 10.0. The number of aromatic nitrogens is 2. The second-order valence-corrected chi connectivity index (χ2v) is 5.68. The Balaban J connectivity index is 1.86. The van der Waals surface area contributed by atoms with Crippen molar-refractivity contribution in [3.8, 4) is 0 Å². The SMILES string of the molecule is O=C1CCC(NC(=O)c2cc(Br)cc3cn[nH]c23)C(=O)N1. The van der Waals surface area contributed by atoms with Crippen LogP contribution in [0.5, 0.6) is 0 Å². The number of nitrogens with zero attached hydrogens (tertiary/aromatic N) is 1. The fourth-order valence-electron chi connectivity index (χ4n) is 2.27. The molecule has 0 radical (unpaired) electrons. The molecule has 2 heterocycles. The first-order chi connectivity index (χ1) is 10.0.